The summed E-state index contributed by atoms with van der Waals surface area (Å²) in [7, 11) is 0. The maximum atomic E-state index is 12.1. The van der Waals surface area contributed by atoms with E-state index in [4.69, 9.17) is 0 Å². The van der Waals surface area contributed by atoms with Gasteiger partial charge in [0.2, 0.25) is 5.13 Å². The number of fused-ring (bicyclic) bond motifs is 1. The molecule has 0 aliphatic carbocycles. The van der Waals surface area contributed by atoms with Crippen LogP contribution in [0, 0.1) is 6.92 Å². The van der Waals surface area contributed by atoms with Crippen molar-refractivity contribution in [3.05, 3.63) is 41.5 Å². The quantitative estimate of drug-likeness (QED) is 0.737. The molecule has 0 spiro atoms. The molecule has 0 atom stereocenters. The normalized spacial score (nSPS) is 13.3. The highest BCUT2D eigenvalue weighted by molar-refractivity contribution is 7.18. The van der Waals surface area contributed by atoms with E-state index in [-0.39, 0.29) is 6.03 Å². The molecule has 0 radical (unpaired) electrons. The second-order valence-electron chi connectivity index (χ2n) is 6.18. The van der Waals surface area contributed by atoms with Crippen LogP contribution in [0.4, 0.5) is 9.93 Å². The fraction of sp³-hybridized carbons (Fsp3) is 0.353. The van der Waals surface area contributed by atoms with Crippen LogP contribution in [0.1, 0.15) is 30.1 Å². The zero-order chi connectivity index (χ0) is 17.9. The van der Waals surface area contributed by atoms with Gasteiger partial charge in [0, 0.05) is 18.5 Å². The minimum Gasteiger partial charge on any atom is -0.331 e. The number of hydrogen-bond donors (Lipinski definition) is 2. The second-order valence-corrected chi connectivity index (χ2v) is 7.15. The Morgan fingerprint density at radius 2 is 2.08 bits per heavy atom. The van der Waals surface area contributed by atoms with Crippen molar-refractivity contribution in [1.82, 2.24) is 30.3 Å². The van der Waals surface area contributed by atoms with Crippen LogP contribution >= 0.6 is 11.3 Å². The number of rotatable bonds is 4. The van der Waals surface area contributed by atoms with Gasteiger partial charge in [-0.25, -0.2) is 4.79 Å². The molecule has 3 heterocycles. The summed E-state index contributed by atoms with van der Waals surface area (Å²) in [5.74, 6) is 1.79. The fourth-order valence-corrected chi connectivity index (χ4v) is 3.82. The third-order valence-corrected chi connectivity index (χ3v) is 5.24. The Bertz CT molecular complexity index is 933. The Morgan fingerprint density at radius 1 is 1.19 bits per heavy atom. The van der Waals surface area contributed by atoms with Crippen LogP contribution in [0.2, 0.25) is 0 Å². The van der Waals surface area contributed by atoms with Gasteiger partial charge in [-0.2, -0.15) is 0 Å². The van der Waals surface area contributed by atoms with Crippen LogP contribution < -0.4 is 10.6 Å². The zero-order valence-electron chi connectivity index (χ0n) is 14.4. The van der Waals surface area contributed by atoms with Crippen molar-refractivity contribution in [2.45, 2.75) is 39.3 Å². The molecule has 2 N–H and O–H groups in total. The number of hydrogen-bond acceptors (Lipinski definition) is 6. The molecule has 0 saturated carbocycles. The van der Waals surface area contributed by atoms with Crippen molar-refractivity contribution >= 4 is 22.5 Å². The molecule has 0 unspecified atom stereocenters. The number of aryl methyl sites for hydroxylation is 2. The minimum absolute atomic E-state index is 0.328. The first kappa shape index (κ1) is 16.6. The van der Waals surface area contributed by atoms with Gasteiger partial charge in [-0.15, -0.1) is 20.4 Å². The molecule has 1 aromatic carbocycles. The van der Waals surface area contributed by atoms with Crippen molar-refractivity contribution in [2.75, 3.05) is 5.32 Å². The van der Waals surface area contributed by atoms with Gasteiger partial charge in [0.1, 0.15) is 10.8 Å². The number of aromatic nitrogens is 5. The predicted molar refractivity (Wildman–Crippen MR) is 98.9 cm³/mol. The Labute approximate surface area is 154 Å². The lowest BCUT2D eigenvalue weighted by molar-refractivity contribution is 0.251. The van der Waals surface area contributed by atoms with Gasteiger partial charge >= 0.3 is 6.03 Å². The van der Waals surface area contributed by atoms with Crippen molar-refractivity contribution in [3.8, 4) is 10.6 Å². The maximum Gasteiger partial charge on any atom is 0.321 e. The number of benzene rings is 1. The molecule has 134 valence electrons. The summed E-state index contributed by atoms with van der Waals surface area (Å²) >= 11 is 1.35. The molecular weight excluding hydrogens is 350 g/mol. The van der Waals surface area contributed by atoms with E-state index in [0.29, 0.717) is 11.7 Å². The van der Waals surface area contributed by atoms with E-state index in [1.165, 1.54) is 11.3 Å². The van der Waals surface area contributed by atoms with E-state index in [9.17, 15) is 4.79 Å². The molecule has 1 aliphatic rings. The molecule has 2 aromatic heterocycles. The molecule has 0 fully saturated rings. The molecule has 9 heteroatoms. The summed E-state index contributed by atoms with van der Waals surface area (Å²) in [6.07, 6.45) is 3.22. The Kier molecular flexibility index (Phi) is 4.61. The van der Waals surface area contributed by atoms with E-state index < -0.39 is 0 Å². The first-order valence-corrected chi connectivity index (χ1v) is 9.37. The van der Waals surface area contributed by atoms with E-state index in [1.807, 2.05) is 31.2 Å². The molecule has 26 heavy (non-hydrogen) atoms. The largest absolute Gasteiger partial charge is 0.331 e. The topological polar surface area (TPSA) is 97.6 Å². The van der Waals surface area contributed by atoms with Crippen LogP contribution in [-0.2, 0) is 19.5 Å². The van der Waals surface area contributed by atoms with E-state index >= 15 is 0 Å². The number of urea groups is 1. The smallest absolute Gasteiger partial charge is 0.321 e. The molecule has 0 bridgehead atoms. The molecule has 4 rings (SSSR count). The highest BCUT2D eigenvalue weighted by Crippen LogP contribution is 2.28. The second kappa shape index (κ2) is 7.20. The number of carbonyl (C=O) groups excluding carboxylic acids is 1. The maximum absolute atomic E-state index is 12.1. The van der Waals surface area contributed by atoms with Gasteiger partial charge in [-0.1, -0.05) is 35.6 Å². The van der Waals surface area contributed by atoms with Crippen LogP contribution in [0.15, 0.2) is 24.3 Å². The average Bonchev–Trinajstić information content (AvgIpc) is 3.27. The Balaban J connectivity index is 1.37. The molecular formula is C17H19N7OS. The number of anilines is 1. The summed E-state index contributed by atoms with van der Waals surface area (Å²) in [6, 6.07) is 7.63. The van der Waals surface area contributed by atoms with Gasteiger partial charge in [0.25, 0.3) is 0 Å². The lowest BCUT2D eigenvalue weighted by atomic mass is 10.1. The summed E-state index contributed by atoms with van der Waals surface area (Å²) in [5.41, 5.74) is 2.14. The monoisotopic (exact) mass is 369 g/mol. The van der Waals surface area contributed by atoms with Gasteiger partial charge in [-0.05, 0) is 25.3 Å². The summed E-state index contributed by atoms with van der Waals surface area (Å²) < 4.78 is 2.09. The standard InChI is InChI=1S/C17H19N7OS/c1-11-6-2-3-7-12(11)15-22-23-17(26-15)19-16(25)18-10-14-21-20-13-8-4-5-9-24(13)14/h2-3,6-7H,4-5,8-10H2,1H3,(H2,18,19,23,25). The molecule has 2 amide bonds. The summed E-state index contributed by atoms with van der Waals surface area (Å²) in [5, 5.41) is 23.4. The molecule has 0 saturated heterocycles. The van der Waals surface area contributed by atoms with Gasteiger partial charge in [-0.3, -0.25) is 5.32 Å². The minimum atomic E-state index is -0.328. The first-order chi connectivity index (χ1) is 12.7. The first-order valence-electron chi connectivity index (χ1n) is 8.56. The zero-order valence-corrected chi connectivity index (χ0v) is 15.2. The SMILES string of the molecule is Cc1ccccc1-c1nnc(NC(=O)NCc2nnc3n2CCCC3)s1. The highest BCUT2D eigenvalue weighted by atomic mass is 32.1. The Hall–Kier alpha value is -2.81. The molecule has 1 aliphatic heterocycles. The van der Waals surface area contributed by atoms with Gasteiger partial charge in [0.05, 0.1) is 6.54 Å². The summed E-state index contributed by atoms with van der Waals surface area (Å²) in [6.45, 7) is 3.27. The molecule has 3 aromatic rings. The fourth-order valence-electron chi connectivity index (χ4n) is 3.00. The number of nitrogens with one attached hydrogen (secondary N) is 2. The van der Waals surface area contributed by atoms with E-state index in [1.54, 1.807) is 0 Å². The summed E-state index contributed by atoms with van der Waals surface area (Å²) in [4.78, 5) is 12.1. The number of nitrogens with zero attached hydrogens (tertiary/aromatic N) is 5. The van der Waals surface area contributed by atoms with Gasteiger partial charge < -0.3 is 9.88 Å². The number of carbonyl (C=O) groups is 1. The van der Waals surface area contributed by atoms with Crippen molar-refractivity contribution in [2.24, 2.45) is 0 Å². The Morgan fingerprint density at radius 3 is 2.96 bits per heavy atom. The van der Waals surface area contributed by atoms with E-state index in [0.717, 1.165) is 53.6 Å². The van der Waals surface area contributed by atoms with Crippen LogP contribution in [0.3, 0.4) is 0 Å². The van der Waals surface area contributed by atoms with Crippen molar-refractivity contribution in [3.63, 3.8) is 0 Å². The lowest BCUT2D eigenvalue weighted by Crippen LogP contribution is -2.29. The van der Waals surface area contributed by atoms with Crippen LogP contribution in [-0.4, -0.2) is 31.0 Å². The average molecular weight is 369 g/mol. The highest BCUT2D eigenvalue weighted by Gasteiger charge is 2.16. The van der Waals surface area contributed by atoms with Crippen molar-refractivity contribution in [1.29, 1.82) is 0 Å². The van der Waals surface area contributed by atoms with E-state index in [2.05, 4.69) is 35.6 Å². The van der Waals surface area contributed by atoms with Crippen molar-refractivity contribution < 1.29 is 4.79 Å². The third kappa shape index (κ3) is 3.43. The third-order valence-electron chi connectivity index (χ3n) is 4.36. The van der Waals surface area contributed by atoms with Crippen LogP contribution in [0.25, 0.3) is 10.6 Å². The van der Waals surface area contributed by atoms with Gasteiger partial charge in [0.15, 0.2) is 5.82 Å². The predicted octanol–water partition coefficient (Wildman–Crippen LogP) is 2.76. The number of amides is 2. The lowest BCUT2D eigenvalue weighted by Gasteiger charge is -2.14. The molecule has 8 nitrogen and oxygen atoms in total. The van der Waals surface area contributed by atoms with Crippen LogP contribution in [0.5, 0.6) is 0 Å².